The first-order valence-electron chi connectivity index (χ1n) is 12.4. The molecule has 1 saturated heterocycles. The Morgan fingerprint density at radius 3 is 2.62 bits per heavy atom. The van der Waals surface area contributed by atoms with Crippen LogP contribution in [0.15, 0.2) is 24.3 Å². The lowest BCUT2D eigenvalue weighted by molar-refractivity contribution is -0.128. The van der Waals surface area contributed by atoms with Gasteiger partial charge in [-0.25, -0.2) is 14.8 Å². The Hall–Kier alpha value is -4.09. The van der Waals surface area contributed by atoms with Gasteiger partial charge in [0, 0.05) is 38.4 Å². The van der Waals surface area contributed by atoms with Gasteiger partial charge < -0.3 is 36.1 Å². The fourth-order valence-corrected chi connectivity index (χ4v) is 3.83. The molecule has 12 nitrogen and oxygen atoms in total. The minimum absolute atomic E-state index is 0.0940. The quantitative estimate of drug-likeness (QED) is 0.312. The maximum absolute atomic E-state index is 12.1. The zero-order chi connectivity index (χ0) is 26.8. The van der Waals surface area contributed by atoms with Crippen molar-refractivity contribution in [3.8, 4) is 5.75 Å². The highest BCUT2D eigenvalue weighted by molar-refractivity contribution is 5.96. The van der Waals surface area contributed by atoms with E-state index >= 15 is 0 Å². The Balaban J connectivity index is 1.59. The Morgan fingerprint density at radius 1 is 1.19 bits per heavy atom. The van der Waals surface area contributed by atoms with Gasteiger partial charge in [0.25, 0.3) is 11.8 Å². The summed E-state index contributed by atoms with van der Waals surface area (Å²) in [6.07, 6.45) is 1.82. The molecular weight excluding hydrogens is 478 g/mol. The van der Waals surface area contributed by atoms with Crippen molar-refractivity contribution >= 4 is 35.2 Å². The zero-order valence-corrected chi connectivity index (χ0v) is 21.5. The SMILES string of the molecule is CCc1nc(C(N)=O)c(Nc2cccc(OCCCNC(=O)C(C)OC(=O)NC)c2)nc1N1CCCC1. The number of nitrogens with one attached hydrogen (secondary N) is 3. The van der Waals surface area contributed by atoms with E-state index in [4.69, 9.17) is 20.2 Å². The lowest BCUT2D eigenvalue weighted by atomic mass is 10.2. The number of hydrogen-bond donors (Lipinski definition) is 4. The number of amides is 3. The fraction of sp³-hybridized carbons (Fsp3) is 0.480. The summed E-state index contributed by atoms with van der Waals surface area (Å²) in [7, 11) is 1.42. The van der Waals surface area contributed by atoms with Crippen LogP contribution in [0.25, 0.3) is 0 Å². The van der Waals surface area contributed by atoms with E-state index in [1.54, 1.807) is 12.1 Å². The Labute approximate surface area is 216 Å². The van der Waals surface area contributed by atoms with E-state index in [0.717, 1.165) is 37.4 Å². The van der Waals surface area contributed by atoms with Crippen molar-refractivity contribution in [1.29, 1.82) is 0 Å². The molecule has 12 heteroatoms. The molecule has 1 aliphatic rings. The van der Waals surface area contributed by atoms with Gasteiger partial charge >= 0.3 is 6.09 Å². The molecule has 200 valence electrons. The van der Waals surface area contributed by atoms with Gasteiger partial charge in [0.2, 0.25) is 0 Å². The van der Waals surface area contributed by atoms with E-state index in [1.807, 2.05) is 19.1 Å². The highest BCUT2D eigenvalue weighted by atomic mass is 16.6. The normalized spacial score (nSPS) is 13.5. The van der Waals surface area contributed by atoms with Crippen LogP contribution in [0.5, 0.6) is 5.75 Å². The standard InChI is InChI=1S/C25H35N7O5/c1-4-19-23(32-12-5-6-13-32)31-22(20(30-19)21(26)33)29-17-9-7-10-18(15-17)36-14-8-11-28-24(34)16(2)37-25(35)27-3/h7,9-10,15-16H,4-6,8,11-14H2,1-3H3,(H2,26,33)(H,27,35)(H,28,34)(H,29,31). The first-order valence-corrected chi connectivity index (χ1v) is 12.4. The van der Waals surface area contributed by atoms with Crippen LogP contribution in [0.3, 0.4) is 0 Å². The van der Waals surface area contributed by atoms with Gasteiger partial charge in [-0.15, -0.1) is 0 Å². The first kappa shape index (κ1) is 27.5. The molecule has 1 fully saturated rings. The van der Waals surface area contributed by atoms with E-state index in [2.05, 4.69) is 25.8 Å². The number of carbonyl (C=O) groups is 3. The first-order chi connectivity index (χ1) is 17.8. The Kier molecular flexibility index (Phi) is 9.87. The molecule has 1 aromatic heterocycles. The second-order valence-electron chi connectivity index (χ2n) is 8.55. The van der Waals surface area contributed by atoms with Crippen LogP contribution in [-0.2, 0) is 16.0 Å². The maximum atomic E-state index is 12.1. The predicted molar refractivity (Wildman–Crippen MR) is 139 cm³/mol. The van der Waals surface area contributed by atoms with Gasteiger partial charge in [-0.2, -0.15) is 0 Å². The average Bonchev–Trinajstić information content (AvgIpc) is 3.43. The second-order valence-corrected chi connectivity index (χ2v) is 8.55. The largest absolute Gasteiger partial charge is 0.493 e. The molecule has 0 spiro atoms. The van der Waals surface area contributed by atoms with Crippen molar-refractivity contribution < 1.29 is 23.9 Å². The van der Waals surface area contributed by atoms with E-state index in [0.29, 0.717) is 43.2 Å². The number of primary amides is 1. The number of aryl methyl sites for hydroxylation is 1. The van der Waals surface area contributed by atoms with Crippen LogP contribution in [-0.4, -0.2) is 67.3 Å². The number of benzene rings is 1. The summed E-state index contributed by atoms with van der Waals surface area (Å²) in [5.74, 6) is 0.647. The molecule has 0 saturated carbocycles. The number of nitrogens with zero attached hydrogens (tertiary/aromatic N) is 3. The highest BCUT2D eigenvalue weighted by Crippen LogP contribution is 2.28. The van der Waals surface area contributed by atoms with Crippen LogP contribution >= 0.6 is 0 Å². The number of aromatic nitrogens is 2. The smallest absolute Gasteiger partial charge is 0.407 e. The van der Waals surface area contributed by atoms with Gasteiger partial charge in [-0.3, -0.25) is 9.59 Å². The number of alkyl carbamates (subject to hydrolysis) is 1. The zero-order valence-electron chi connectivity index (χ0n) is 21.5. The van der Waals surface area contributed by atoms with Crippen LogP contribution in [0.2, 0.25) is 0 Å². The minimum atomic E-state index is -0.894. The molecule has 1 aromatic carbocycles. The van der Waals surface area contributed by atoms with Crippen LogP contribution < -0.4 is 31.3 Å². The van der Waals surface area contributed by atoms with Gasteiger partial charge in [0.15, 0.2) is 23.4 Å². The number of rotatable bonds is 12. The van der Waals surface area contributed by atoms with Crippen LogP contribution in [0, 0.1) is 0 Å². The number of anilines is 3. The molecule has 0 radical (unpaired) electrons. The van der Waals surface area contributed by atoms with E-state index < -0.39 is 18.1 Å². The number of nitrogens with two attached hydrogens (primary N) is 1. The van der Waals surface area contributed by atoms with Crippen molar-refractivity contribution in [2.45, 2.75) is 45.6 Å². The summed E-state index contributed by atoms with van der Waals surface area (Å²) >= 11 is 0. The molecule has 0 aliphatic carbocycles. The topological polar surface area (TPSA) is 161 Å². The molecular formula is C25H35N7O5. The fourth-order valence-electron chi connectivity index (χ4n) is 3.83. The van der Waals surface area contributed by atoms with E-state index in [9.17, 15) is 14.4 Å². The van der Waals surface area contributed by atoms with Gasteiger partial charge in [-0.05, 0) is 44.7 Å². The van der Waals surface area contributed by atoms with Crippen LogP contribution in [0.1, 0.15) is 49.3 Å². The van der Waals surface area contributed by atoms with E-state index in [1.165, 1.54) is 14.0 Å². The molecule has 3 rings (SSSR count). The van der Waals surface area contributed by atoms with E-state index in [-0.39, 0.29) is 11.6 Å². The second kappa shape index (κ2) is 13.3. The third-order valence-corrected chi connectivity index (χ3v) is 5.76. The average molecular weight is 514 g/mol. The number of hydrogen-bond acceptors (Lipinski definition) is 9. The molecule has 3 amide bonds. The third-order valence-electron chi connectivity index (χ3n) is 5.76. The molecule has 1 aliphatic heterocycles. The summed E-state index contributed by atoms with van der Waals surface area (Å²) in [4.78, 5) is 46.7. The van der Waals surface area contributed by atoms with Crippen molar-refractivity contribution in [2.75, 3.05) is 43.5 Å². The monoisotopic (exact) mass is 513 g/mol. The summed E-state index contributed by atoms with van der Waals surface area (Å²) in [5.41, 5.74) is 7.12. The summed E-state index contributed by atoms with van der Waals surface area (Å²) in [5, 5.41) is 8.17. The van der Waals surface area contributed by atoms with Crippen molar-refractivity contribution in [2.24, 2.45) is 5.73 Å². The lowest BCUT2D eigenvalue weighted by Gasteiger charge is -2.21. The summed E-state index contributed by atoms with van der Waals surface area (Å²) < 4.78 is 10.7. The van der Waals surface area contributed by atoms with Gasteiger partial charge in [0.05, 0.1) is 12.3 Å². The van der Waals surface area contributed by atoms with Crippen LogP contribution in [0.4, 0.5) is 22.1 Å². The third kappa shape index (κ3) is 7.69. The molecule has 0 bridgehead atoms. The maximum Gasteiger partial charge on any atom is 0.407 e. The predicted octanol–water partition coefficient (Wildman–Crippen LogP) is 2.11. The highest BCUT2D eigenvalue weighted by Gasteiger charge is 2.23. The molecule has 1 atom stereocenters. The number of carbonyl (C=O) groups excluding carboxylic acids is 3. The molecule has 5 N–H and O–H groups in total. The molecule has 1 unspecified atom stereocenters. The van der Waals surface area contributed by atoms with Crippen molar-refractivity contribution in [3.63, 3.8) is 0 Å². The lowest BCUT2D eigenvalue weighted by Crippen LogP contribution is -2.38. The minimum Gasteiger partial charge on any atom is -0.493 e. The number of ether oxygens (including phenoxy) is 2. The van der Waals surface area contributed by atoms with Gasteiger partial charge in [0.1, 0.15) is 5.75 Å². The Bertz CT molecular complexity index is 1100. The van der Waals surface area contributed by atoms with Crippen molar-refractivity contribution in [1.82, 2.24) is 20.6 Å². The summed E-state index contributed by atoms with van der Waals surface area (Å²) in [6.45, 7) is 6.00. The molecule has 2 heterocycles. The molecule has 2 aromatic rings. The van der Waals surface area contributed by atoms with Gasteiger partial charge in [-0.1, -0.05) is 13.0 Å². The molecule has 37 heavy (non-hydrogen) atoms. The summed E-state index contributed by atoms with van der Waals surface area (Å²) in [6, 6.07) is 7.24. The van der Waals surface area contributed by atoms with Crippen molar-refractivity contribution in [3.05, 3.63) is 35.7 Å². The Morgan fingerprint density at radius 2 is 1.95 bits per heavy atom.